The van der Waals surface area contributed by atoms with Crippen LogP contribution >= 0.6 is 0 Å². The van der Waals surface area contributed by atoms with Crippen molar-refractivity contribution in [3.8, 4) is 0 Å². The number of hydrogen-bond donors (Lipinski definition) is 0. The average molecular weight is 418 g/mol. The predicted octanol–water partition coefficient (Wildman–Crippen LogP) is -4.09. The summed E-state index contributed by atoms with van der Waals surface area (Å²) in [4.78, 5) is 0. The fourth-order valence-corrected chi connectivity index (χ4v) is 2.36. The summed E-state index contributed by atoms with van der Waals surface area (Å²) in [6.45, 7) is 4.75. The van der Waals surface area contributed by atoms with Crippen LogP contribution in [0.5, 0.6) is 0 Å². The Morgan fingerprint density at radius 2 is 1.50 bits per heavy atom. The van der Waals surface area contributed by atoms with E-state index in [0.29, 0.717) is 0 Å². The van der Waals surface area contributed by atoms with Gasteiger partial charge in [0, 0.05) is 0 Å². The molecule has 0 aromatic heterocycles. The van der Waals surface area contributed by atoms with Crippen molar-refractivity contribution in [1.29, 1.82) is 5.26 Å². The maximum atomic E-state index is 9.69. The van der Waals surface area contributed by atoms with Crippen molar-refractivity contribution in [2.75, 3.05) is 0 Å². The van der Waals surface area contributed by atoms with E-state index in [1.807, 2.05) is 0 Å². The van der Waals surface area contributed by atoms with Crippen LogP contribution < -0.4 is 29.6 Å². The van der Waals surface area contributed by atoms with Crippen LogP contribution in [-0.4, -0.2) is 33.6 Å². The van der Waals surface area contributed by atoms with Gasteiger partial charge in [0.05, 0.1) is 0 Å². The molecule has 0 amide bonds. The molecule has 0 aromatic rings. The molecule has 1 rings (SSSR count). The Morgan fingerprint density at radius 1 is 1.30 bits per heavy atom. The molecular formula is CNNaO4PbSZn+2. The van der Waals surface area contributed by atoms with Crippen molar-refractivity contribution in [3.63, 3.8) is 0 Å². The zero-order valence-electron chi connectivity index (χ0n) is 5.20. The number of hydrogen-bond acceptors (Lipinski definition) is 5. The van der Waals surface area contributed by atoms with Crippen LogP contribution in [-0.2, 0) is 34.1 Å². The summed E-state index contributed by atoms with van der Waals surface area (Å²) in [5, 5.41) is 6.25. The third-order valence-electron chi connectivity index (χ3n) is 0.272. The van der Waals surface area contributed by atoms with Crippen molar-refractivity contribution in [2.24, 2.45) is 0 Å². The minimum absolute atomic E-state index is 0. The summed E-state index contributed by atoms with van der Waals surface area (Å²) in [5.41, 5.74) is 0. The second-order valence-electron chi connectivity index (χ2n) is 0.658. The van der Waals surface area contributed by atoms with E-state index < -0.39 is 35.5 Å². The van der Waals surface area contributed by atoms with Crippen LogP contribution in [0.3, 0.4) is 0 Å². The smallest absolute Gasteiger partial charge is 0.512 e. The van der Waals surface area contributed by atoms with Crippen LogP contribution in [0.1, 0.15) is 0 Å². The quantitative estimate of drug-likeness (QED) is 0.296. The van der Waals surface area contributed by atoms with Crippen LogP contribution in [0, 0.1) is 11.8 Å². The van der Waals surface area contributed by atoms with Crippen LogP contribution in [0.2, 0.25) is 0 Å². The largest absolute Gasteiger partial charge is 2.00 e. The summed E-state index contributed by atoms with van der Waals surface area (Å²) in [6, 6.07) is 0. The van der Waals surface area contributed by atoms with Crippen molar-refractivity contribution >= 4 is 35.5 Å². The molecule has 1 heterocycles. The van der Waals surface area contributed by atoms with Crippen molar-refractivity contribution in [1.82, 2.24) is 0 Å². The van der Waals surface area contributed by atoms with E-state index in [1.54, 1.807) is 0 Å². The average Bonchev–Trinajstić information content (AvgIpc) is 1.69. The van der Waals surface area contributed by atoms with Gasteiger partial charge in [-0.1, -0.05) is 0 Å². The first kappa shape index (κ1) is 17.9. The second-order valence-corrected chi connectivity index (χ2v) is 6.34. The van der Waals surface area contributed by atoms with Gasteiger partial charge < -0.3 is 11.8 Å². The zero-order valence-corrected chi connectivity index (χ0v) is 14.9. The second kappa shape index (κ2) is 9.00. The Balaban J connectivity index is -0.000000114. The summed E-state index contributed by atoms with van der Waals surface area (Å²) in [5.74, 6) is 0. The Morgan fingerprint density at radius 3 is 1.50 bits per heavy atom. The molecule has 2 radical (unpaired) electrons. The Kier molecular flexibility index (Phi) is 16.1. The van der Waals surface area contributed by atoms with E-state index in [9.17, 15) is 8.42 Å². The van der Waals surface area contributed by atoms with E-state index in [0.717, 1.165) is 0 Å². The predicted molar refractivity (Wildman–Crippen MR) is 21.8 cm³/mol. The van der Waals surface area contributed by atoms with Gasteiger partial charge in [0.15, 0.2) is 0 Å². The topological polar surface area (TPSA) is 76.4 Å². The van der Waals surface area contributed by atoms with Crippen LogP contribution in [0.4, 0.5) is 0 Å². The van der Waals surface area contributed by atoms with Crippen molar-refractivity contribution in [2.45, 2.75) is 0 Å². The first-order valence-electron chi connectivity index (χ1n) is 1.30. The molecule has 0 bridgehead atoms. The molecule has 9 heteroatoms. The van der Waals surface area contributed by atoms with Gasteiger partial charge in [0.1, 0.15) is 0 Å². The van der Waals surface area contributed by atoms with Crippen LogP contribution in [0.15, 0.2) is 0 Å². The summed E-state index contributed by atoms with van der Waals surface area (Å²) >= 11 is -1.47. The fourth-order valence-electron chi connectivity index (χ4n) is 0.0896. The zero-order chi connectivity index (χ0) is 6.62. The molecule has 1 aliphatic rings. The third-order valence-corrected chi connectivity index (χ3v) is 7.16. The Hall–Kier alpha value is 1.91. The fraction of sp³-hybridized carbons (Fsp3) is 0. The first-order chi connectivity index (χ1) is 3.71. The number of rotatable bonds is 0. The minimum atomic E-state index is -3.40. The Bertz CT molecular complexity index is 169. The van der Waals surface area contributed by atoms with E-state index in [2.05, 4.69) is 4.27 Å². The molecule has 1 saturated heterocycles. The van der Waals surface area contributed by atoms with E-state index in [4.69, 9.17) is 11.8 Å². The van der Waals surface area contributed by atoms with E-state index in [1.165, 1.54) is 0 Å². The van der Waals surface area contributed by atoms with E-state index in [-0.39, 0.29) is 49.0 Å². The van der Waals surface area contributed by atoms with Gasteiger partial charge in [0.2, 0.25) is 0 Å². The van der Waals surface area contributed by atoms with E-state index >= 15 is 0 Å². The van der Waals surface area contributed by atoms with Crippen LogP contribution in [0.25, 0.3) is 0 Å². The minimum Gasteiger partial charge on any atom is -0.512 e. The Labute approximate surface area is 107 Å². The van der Waals surface area contributed by atoms with Gasteiger partial charge in [-0.05, 0) is 0 Å². The maximum absolute atomic E-state index is 9.69. The van der Waals surface area contributed by atoms with Gasteiger partial charge >= 0.3 is 97.3 Å². The molecule has 10 heavy (non-hydrogen) atoms. The SMILES string of the molecule is O=S1(=O)[O][Pb][O]1.[C-]#N.[Na+].[Zn+2]. The molecule has 44 valence electrons. The van der Waals surface area contributed by atoms with Crippen molar-refractivity contribution < 1.29 is 61.7 Å². The monoisotopic (exact) mass is 417 g/mol. The first-order valence-corrected chi connectivity index (χ1v) is 5.81. The molecule has 1 fully saturated rings. The third kappa shape index (κ3) is 8.01. The molecule has 1 aliphatic heterocycles. The summed E-state index contributed by atoms with van der Waals surface area (Å²) in [7, 11) is -3.40. The van der Waals surface area contributed by atoms with Crippen molar-refractivity contribution in [3.05, 3.63) is 6.57 Å². The molecule has 0 atom stereocenters. The van der Waals surface area contributed by atoms with Gasteiger partial charge in [-0.2, -0.15) is 0 Å². The molecular weight excluding hydrogens is 418 g/mol. The van der Waals surface area contributed by atoms with Gasteiger partial charge in [-0.15, -0.1) is 0 Å². The standard InChI is InChI=1S/CN.Na.H2O4S.Pb.Zn/c1-2;;1-5(2,3)4;;/h;;(H2,1,2,3,4);;/q-1;+1;;2*+2/p-2. The molecule has 0 aromatic carbocycles. The molecule has 0 N–H and O–H groups in total. The maximum Gasteiger partial charge on any atom is 2.00 e. The molecule has 0 saturated carbocycles. The molecule has 0 unspecified atom stereocenters. The normalized spacial score (nSPS) is 17.4. The summed E-state index contributed by atoms with van der Waals surface area (Å²) in [6.07, 6.45) is 0. The van der Waals surface area contributed by atoms with Gasteiger partial charge in [-0.25, -0.2) is 0 Å². The van der Waals surface area contributed by atoms with Gasteiger partial charge in [0.25, 0.3) is 0 Å². The molecule has 0 aliphatic carbocycles. The number of nitrogens with zero attached hydrogens (tertiary/aromatic N) is 1. The molecule has 5 nitrogen and oxygen atoms in total. The summed E-state index contributed by atoms with van der Waals surface area (Å²) < 4.78 is 27.5. The van der Waals surface area contributed by atoms with Gasteiger partial charge in [-0.3, -0.25) is 0 Å². The molecule has 0 spiro atoms.